The van der Waals surface area contributed by atoms with Crippen LogP contribution in [0.4, 0.5) is 0 Å². The number of ether oxygens (including phenoxy) is 1. The monoisotopic (exact) mass is 320 g/mol. The fraction of sp³-hybridized carbons (Fsp3) is 0.200. The molecule has 0 saturated heterocycles. The Balaban J connectivity index is 2.10. The topological polar surface area (TPSA) is 56.5 Å². The van der Waals surface area contributed by atoms with Crippen LogP contribution < -0.4 is 10.4 Å². The first-order chi connectivity index (χ1) is 11.6. The Kier molecular flexibility index (Phi) is 3.45. The molecule has 0 saturated carbocycles. The number of carbonyl (C=O) groups is 1. The molecule has 0 amide bonds. The van der Waals surface area contributed by atoms with Crippen molar-refractivity contribution in [2.24, 2.45) is 0 Å². The van der Waals surface area contributed by atoms with Gasteiger partial charge in [-0.15, -0.1) is 0 Å². The van der Waals surface area contributed by atoms with Crippen molar-refractivity contribution in [1.82, 2.24) is 0 Å². The summed E-state index contributed by atoms with van der Waals surface area (Å²) >= 11 is 0. The molecule has 4 heteroatoms. The molecule has 2 aromatic carbocycles. The SMILES string of the molecule is CC(=O)Oc1c(-c2ccccc2)c2cc3c(cc2oc1=O)CCC3. The Labute approximate surface area is 138 Å². The molecule has 0 aliphatic heterocycles. The van der Waals surface area contributed by atoms with Gasteiger partial charge in [-0.2, -0.15) is 0 Å². The van der Waals surface area contributed by atoms with Crippen LogP contribution in [0.2, 0.25) is 0 Å². The average Bonchev–Trinajstić information content (AvgIpc) is 3.01. The van der Waals surface area contributed by atoms with Crippen molar-refractivity contribution in [1.29, 1.82) is 0 Å². The van der Waals surface area contributed by atoms with E-state index in [2.05, 4.69) is 6.07 Å². The fourth-order valence-corrected chi connectivity index (χ4v) is 3.38. The van der Waals surface area contributed by atoms with E-state index >= 15 is 0 Å². The Morgan fingerprint density at radius 2 is 1.79 bits per heavy atom. The van der Waals surface area contributed by atoms with Gasteiger partial charge in [0, 0.05) is 17.9 Å². The second kappa shape index (κ2) is 5.64. The Hall–Kier alpha value is -2.88. The standard InChI is InChI=1S/C20H16O4/c1-12(21)23-19-18(13-6-3-2-4-7-13)16-10-14-8-5-9-15(14)11-17(16)24-20(19)22/h2-4,6-7,10-11H,5,8-9H2,1H3. The summed E-state index contributed by atoms with van der Waals surface area (Å²) in [4.78, 5) is 23.9. The third kappa shape index (κ3) is 2.40. The number of rotatable bonds is 2. The van der Waals surface area contributed by atoms with E-state index in [4.69, 9.17) is 9.15 Å². The maximum Gasteiger partial charge on any atom is 0.380 e. The molecule has 1 heterocycles. The van der Waals surface area contributed by atoms with E-state index in [0.29, 0.717) is 11.1 Å². The molecule has 4 nitrogen and oxygen atoms in total. The lowest BCUT2D eigenvalue weighted by molar-refractivity contribution is -0.132. The number of aryl methyl sites for hydroxylation is 2. The maximum absolute atomic E-state index is 12.4. The van der Waals surface area contributed by atoms with Gasteiger partial charge >= 0.3 is 11.6 Å². The molecule has 1 aromatic heterocycles. The van der Waals surface area contributed by atoms with Crippen LogP contribution in [0.25, 0.3) is 22.1 Å². The minimum absolute atomic E-state index is 0.0425. The van der Waals surface area contributed by atoms with Crippen molar-refractivity contribution in [3.63, 3.8) is 0 Å². The van der Waals surface area contributed by atoms with Gasteiger partial charge in [-0.25, -0.2) is 4.79 Å². The van der Waals surface area contributed by atoms with Crippen LogP contribution in [0, 0.1) is 0 Å². The van der Waals surface area contributed by atoms with E-state index in [0.717, 1.165) is 30.2 Å². The van der Waals surface area contributed by atoms with Gasteiger partial charge in [-0.05, 0) is 48.1 Å². The molecule has 0 spiro atoms. The smallest absolute Gasteiger partial charge is 0.380 e. The van der Waals surface area contributed by atoms with Gasteiger partial charge in [0.1, 0.15) is 5.58 Å². The van der Waals surface area contributed by atoms with E-state index in [-0.39, 0.29) is 5.75 Å². The van der Waals surface area contributed by atoms with Gasteiger partial charge in [0.05, 0.1) is 0 Å². The third-order valence-corrected chi connectivity index (χ3v) is 4.39. The number of carbonyl (C=O) groups excluding carboxylic acids is 1. The maximum atomic E-state index is 12.4. The zero-order valence-corrected chi connectivity index (χ0v) is 13.3. The van der Waals surface area contributed by atoms with Crippen molar-refractivity contribution >= 4 is 16.9 Å². The lowest BCUT2D eigenvalue weighted by Gasteiger charge is -2.12. The fourth-order valence-electron chi connectivity index (χ4n) is 3.38. The highest BCUT2D eigenvalue weighted by Gasteiger charge is 2.22. The summed E-state index contributed by atoms with van der Waals surface area (Å²) in [6.45, 7) is 1.28. The quantitative estimate of drug-likeness (QED) is 0.531. The van der Waals surface area contributed by atoms with Crippen LogP contribution in [0.1, 0.15) is 24.5 Å². The van der Waals surface area contributed by atoms with Gasteiger partial charge in [-0.3, -0.25) is 4.79 Å². The molecular formula is C20H16O4. The van der Waals surface area contributed by atoms with E-state index in [1.165, 1.54) is 18.1 Å². The molecule has 0 N–H and O–H groups in total. The number of fused-ring (bicyclic) bond motifs is 2. The van der Waals surface area contributed by atoms with Crippen molar-refractivity contribution in [3.8, 4) is 16.9 Å². The van der Waals surface area contributed by atoms with Gasteiger partial charge < -0.3 is 9.15 Å². The predicted molar refractivity (Wildman–Crippen MR) is 91.3 cm³/mol. The van der Waals surface area contributed by atoms with E-state index < -0.39 is 11.6 Å². The van der Waals surface area contributed by atoms with Gasteiger partial charge in [0.25, 0.3) is 0 Å². The number of esters is 1. The van der Waals surface area contributed by atoms with Crippen molar-refractivity contribution < 1.29 is 13.9 Å². The zero-order chi connectivity index (χ0) is 16.7. The molecule has 120 valence electrons. The van der Waals surface area contributed by atoms with Gasteiger partial charge in [-0.1, -0.05) is 30.3 Å². The number of benzene rings is 2. The zero-order valence-electron chi connectivity index (χ0n) is 13.3. The Bertz CT molecular complexity index is 1000. The summed E-state index contributed by atoms with van der Waals surface area (Å²) in [5.74, 6) is -0.584. The summed E-state index contributed by atoms with van der Waals surface area (Å²) in [6.07, 6.45) is 3.12. The highest BCUT2D eigenvalue weighted by molar-refractivity contribution is 5.98. The van der Waals surface area contributed by atoms with Gasteiger partial charge in [0.15, 0.2) is 0 Å². The van der Waals surface area contributed by atoms with Crippen LogP contribution in [-0.4, -0.2) is 5.97 Å². The van der Waals surface area contributed by atoms with E-state index in [1.54, 1.807) is 0 Å². The van der Waals surface area contributed by atoms with Crippen LogP contribution >= 0.6 is 0 Å². The lowest BCUT2D eigenvalue weighted by atomic mass is 9.98. The number of hydrogen-bond acceptors (Lipinski definition) is 4. The summed E-state index contributed by atoms with van der Waals surface area (Å²) in [5, 5.41) is 0.803. The van der Waals surface area contributed by atoms with Crippen molar-refractivity contribution in [2.75, 3.05) is 0 Å². The first-order valence-electron chi connectivity index (χ1n) is 8.00. The Morgan fingerprint density at radius 3 is 2.50 bits per heavy atom. The summed E-state index contributed by atoms with van der Waals surface area (Å²) < 4.78 is 10.7. The highest BCUT2D eigenvalue weighted by Crippen LogP contribution is 2.37. The largest absolute Gasteiger partial charge is 0.420 e. The van der Waals surface area contributed by atoms with E-state index in [9.17, 15) is 9.59 Å². The molecule has 4 rings (SSSR count). The molecule has 1 aliphatic carbocycles. The minimum atomic E-state index is -0.630. The second-order valence-electron chi connectivity index (χ2n) is 6.02. The molecule has 1 aliphatic rings. The van der Waals surface area contributed by atoms with Crippen molar-refractivity contribution in [3.05, 3.63) is 64.0 Å². The van der Waals surface area contributed by atoms with Crippen LogP contribution in [-0.2, 0) is 17.6 Å². The van der Waals surface area contributed by atoms with Crippen LogP contribution in [0.3, 0.4) is 0 Å². The summed E-state index contributed by atoms with van der Waals surface area (Å²) in [5.41, 5.74) is 3.84. The van der Waals surface area contributed by atoms with Gasteiger partial charge in [0.2, 0.25) is 5.75 Å². The second-order valence-corrected chi connectivity index (χ2v) is 6.02. The van der Waals surface area contributed by atoms with Crippen LogP contribution in [0.15, 0.2) is 51.7 Å². The molecule has 24 heavy (non-hydrogen) atoms. The van der Waals surface area contributed by atoms with Crippen molar-refractivity contribution in [2.45, 2.75) is 26.2 Å². The summed E-state index contributed by atoms with van der Waals surface area (Å²) in [6, 6.07) is 13.5. The molecule has 0 atom stereocenters. The average molecular weight is 320 g/mol. The first kappa shape index (κ1) is 14.7. The van der Waals surface area contributed by atoms with Crippen LogP contribution in [0.5, 0.6) is 5.75 Å². The number of hydrogen-bond donors (Lipinski definition) is 0. The molecule has 0 bridgehead atoms. The lowest BCUT2D eigenvalue weighted by Crippen LogP contribution is -2.13. The predicted octanol–water partition coefficient (Wildman–Crippen LogP) is 3.87. The Morgan fingerprint density at radius 1 is 1.08 bits per heavy atom. The summed E-state index contributed by atoms with van der Waals surface area (Å²) in [7, 11) is 0. The first-order valence-corrected chi connectivity index (χ1v) is 8.00. The highest BCUT2D eigenvalue weighted by atomic mass is 16.5. The molecule has 3 aromatic rings. The molecule has 0 unspecified atom stereocenters. The van der Waals surface area contributed by atoms with E-state index in [1.807, 2.05) is 36.4 Å². The third-order valence-electron chi connectivity index (χ3n) is 4.39. The minimum Gasteiger partial charge on any atom is -0.420 e. The molecule has 0 fully saturated rings. The molecule has 0 radical (unpaired) electrons. The normalized spacial score (nSPS) is 13.0. The molecular weight excluding hydrogens is 304 g/mol.